The number of amides is 2. The van der Waals surface area contributed by atoms with Gasteiger partial charge in [-0.3, -0.25) is 9.59 Å². The lowest BCUT2D eigenvalue weighted by Gasteiger charge is -2.14. The molecular weight excluding hydrogens is 392 g/mol. The van der Waals surface area contributed by atoms with Gasteiger partial charge in [-0.2, -0.15) is 0 Å². The van der Waals surface area contributed by atoms with Gasteiger partial charge in [-0.1, -0.05) is 36.4 Å². The van der Waals surface area contributed by atoms with Gasteiger partial charge in [0.25, 0.3) is 5.91 Å². The lowest BCUT2D eigenvalue weighted by Crippen LogP contribution is -2.22. The van der Waals surface area contributed by atoms with Crippen LogP contribution in [0.5, 0.6) is 0 Å². The number of rotatable bonds is 5. The molecule has 0 unspecified atom stereocenters. The topological polar surface area (TPSA) is 75.7 Å². The summed E-state index contributed by atoms with van der Waals surface area (Å²) in [6.07, 6.45) is 1.46. The molecule has 0 spiro atoms. The first-order valence-electron chi connectivity index (χ1n) is 9.72. The van der Waals surface area contributed by atoms with E-state index in [2.05, 4.69) is 5.32 Å². The molecule has 0 fully saturated rings. The lowest BCUT2D eigenvalue weighted by atomic mass is 10.0. The van der Waals surface area contributed by atoms with Crippen LogP contribution in [-0.4, -0.2) is 43.9 Å². The zero-order valence-electron chi connectivity index (χ0n) is 17.9. The van der Waals surface area contributed by atoms with Crippen molar-refractivity contribution >= 4 is 39.8 Å². The molecular formula is C25H24N2O4. The fourth-order valence-electron chi connectivity index (χ4n) is 3.21. The van der Waals surface area contributed by atoms with Crippen molar-refractivity contribution in [2.24, 2.45) is 0 Å². The quantitative estimate of drug-likeness (QED) is 0.495. The van der Waals surface area contributed by atoms with Crippen LogP contribution >= 0.6 is 0 Å². The van der Waals surface area contributed by atoms with E-state index in [0.717, 1.165) is 21.9 Å². The molecule has 31 heavy (non-hydrogen) atoms. The molecule has 0 saturated heterocycles. The molecule has 3 aromatic rings. The minimum atomic E-state index is -0.602. The summed E-state index contributed by atoms with van der Waals surface area (Å²) in [6, 6.07) is 18.4. The minimum Gasteiger partial charge on any atom is -0.465 e. The number of nitrogens with one attached hydrogen (secondary N) is 1. The SMILES string of the molecule is COC(=O)c1ccc(C(=O)N(C)C)cc1NC(=O)/C=C(/C)c1ccc2ccccc2c1. The van der Waals surface area contributed by atoms with E-state index in [-0.39, 0.29) is 17.2 Å². The molecule has 2 amide bonds. The summed E-state index contributed by atoms with van der Waals surface area (Å²) in [7, 11) is 4.52. The molecule has 0 saturated carbocycles. The van der Waals surface area contributed by atoms with Gasteiger partial charge in [-0.15, -0.1) is 0 Å². The third kappa shape index (κ3) is 4.98. The molecule has 0 bridgehead atoms. The van der Waals surface area contributed by atoms with Crippen molar-refractivity contribution in [2.75, 3.05) is 26.5 Å². The molecule has 0 aliphatic rings. The van der Waals surface area contributed by atoms with Gasteiger partial charge in [0.05, 0.1) is 18.4 Å². The van der Waals surface area contributed by atoms with E-state index in [0.29, 0.717) is 5.56 Å². The van der Waals surface area contributed by atoms with Gasteiger partial charge in [0.1, 0.15) is 0 Å². The average Bonchev–Trinajstić information content (AvgIpc) is 2.77. The van der Waals surface area contributed by atoms with E-state index in [1.165, 1.54) is 36.3 Å². The second-order valence-electron chi connectivity index (χ2n) is 7.33. The molecule has 3 rings (SSSR count). The number of methoxy groups -OCH3 is 1. The van der Waals surface area contributed by atoms with Crippen molar-refractivity contribution in [2.45, 2.75) is 6.92 Å². The van der Waals surface area contributed by atoms with Crippen LogP contribution in [0.1, 0.15) is 33.2 Å². The standard InChI is InChI=1S/C25H24N2O4/c1-16(18-10-9-17-7-5-6-8-19(17)14-18)13-23(28)26-22-15-20(24(29)27(2)3)11-12-21(22)25(30)31-4/h5-15H,1-4H3,(H,26,28)/b16-13-. The Morgan fingerprint density at radius 1 is 0.903 bits per heavy atom. The highest BCUT2D eigenvalue weighted by atomic mass is 16.5. The van der Waals surface area contributed by atoms with Gasteiger partial charge in [-0.25, -0.2) is 4.79 Å². The van der Waals surface area contributed by atoms with Crippen molar-refractivity contribution in [1.82, 2.24) is 4.90 Å². The number of benzene rings is 3. The minimum absolute atomic E-state index is 0.169. The Kier molecular flexibility index (Phi) is 6.50. The predicted molar refractivity (Wildman–Crippen MR) is 122 cm³/mol. The van der Waals surface area contributed by atoms with Crippen LogP contribution in [0.25, 0.3) is 16.3 Å². The maximum absolute atomic E-state index is 12.7. The fourth-order valence-corrected chi connectivity index (χ4v) is 3.21. The number of hydrogen-bond acceptors (Lipinski definition) is 4. The molecule has 0 heterocycles. The Morgan fingerprint density at radius 2 is 1.58 bits per heavy atom. The van der Waals surface area contributed by atoms with Crippen molar-refractivity contribution in [3.8, 4) is 0 Å². The summed E-state index contributed by atoms with van der Waals surface area (Å²) in [5, 5.41) is 4.91. The molecule has 158 valence electrons. The number of anilines is 1. The summed E-state index contributed by atoms with van der Waals surface area (Å²) in [4.78, 5) is 38.5. The number of carbonyl (C=O) groups excluding carboxylic acids is 3. The maximum Gasteiger partial charge on any atom is 0.339 e. The van der Waals surface area contributed by atoms with Crippen LogP contribution < -0.4 is 5.32 Å². The van der Waals surface area contributed by atoms with Crippen molar-refractivity contribution in [1.29, 1.82) is 0 Å². The van der Waals surface area contributed by atoms with E-state index in [4.69, 9.17) is 4.74 Å². The molecule has 1 N–H and O–H groups in total. The molecule has 3 aromatic carbocycles. The van der Waals surface area contributed by atoms with E-state index in [9.17, 15) is 14.4 Å². The van der Waals surface area contributed by atoms with Gasteiger partial charge in [-0.05, 0) is 53.1 Å². The summed E-state index contributed by atoms with van der Waals surface area (Å²) < 4.78 is 4.80. The second kappa shape index (κ2) is 9.26. The Morgan fingerprint density at radius 3 is 2.26 bits per heavy atom. The molecule has 6 heteroatoms. The van der Waals surface area contributed by atoms with Crippen LogP contribution in [-0.2, 0) is 9.53 Å². The lowest BCUT2D eigenvalue weighted by molar-refractivity contribution is -0.111. The summed E-state index contributed by atoms with van der Waals surface area (Å²) in [5.41, 5.74) is 2.42. The number of carbonyl (C=O) groups is 3. The van der Waals surface area contributed by atoms with Gasteiger partial charge in [0.15, 0.2) is 0 Å². The van der Waals surface area contributed by atoms with Gasteiger partial charge in [0.2, 0.25) is 5.91 Å². The van der Waals surface area contributed by atoms with Crippen molar-refractivity contribution in [3.05, 3.63) is 83.4 Å². The van der Waals surface area contributed by atoms with E-state index in [1.54, 1.807) is 14.1 Å². The van der Waals surface area contributed by atoms with Crippen LogP contribution in [0, 0.1) is 0 Å². The first kappa shape index (κ1) is 21.8. The summed E-state index contributed by atoms with van der Waals surface area (Å²) >= 11 is 0. The number of allylic oxidation sites excluding steroid dienone is 1. The largest absolute Gasteiger partial charge is 0.465 e. The summed E-state index contributed by atoms with van der Waals surface area (Å²) in [6.45, 7) is 1.84. The number of ether oxygens (including phenoxy) is 1. The van der Waals surface area contributed by atoms with Crippen molar-refractivity contribution < 1.29 is 19.1 Å². The second-order valence-corrected chi connectivity index (χ2v) is 7.33. The highest BCUT2D eigenvalue weighted by molar-refractivity contribution is 6.09. The van der Waals surface area contributed by atoms with Crippen LogP contribution in [0.4, 0.5) is 5.69 Å². The Bertz CT molecular complexity index is 1200. The summed E-state index contributed by atoms with van der Waals surface area (Å²) in [5.74, 6) is -1.26. The third-order valence-corrected chi connectivity index (χ3v) is 4.89. The molecule has 0 aliphatic carbocycles. The molecule has 0 aliphatic heterocycles. The molecule has 6 nitrogen and oxygen atoms in total. The van der Waals surface area contributed by atoms with Gasteiger partial charge in [0, 0.05) is 25.7 Å². The van der Waals surface area contributed by atoms with Crippen LogP contribution in [0.3, 0.4) is 0 Å². The van der Waals surface area contributed by atoms with Crippen LogP contribution in [0.15, 0.2) is 66.7 Å². The predicted octanol–water partition coefficient (Wildman–Crippen LogP) is 4.37. The Balaban J connectivity index is 1.90. The zero-order chi connectivity index (χ0) is 22.5. The highest BCUT2D eigenvalue weighted by Crippen LogP contribution is 2.23. The van der Waals surface area contributed by atoms with E-state index in [1.807, 2.05) is 49.4 Å². The number of nitrogens with zero attached hydrogens (tertiary/aromatic N) is 1. The fraction of sp³-hybridized carbons (Fsp3) is 0.160. The highest BCUT2D eigenvalue weighted by Gasteiger charge is 2.17. The monoisotopic (exact) mass is 416 g/mol. The number of fused-ring (bicyclic) bond motifs is 1. The molecule has 0 aromatic heterocycles. The first-order chi connectivity index (χ1) is 14.8. The average molecular weight is 416 g/mol. The Hall–Kier alpha value is -3.93. The number of hydrogen-bond donors (Lipinski definition) is 1. The van der Waals surface area contributed by atoms with Gasteiger partial charge < -0.3 is 15.0 Å². The smallest absolute Gasteiger partial charge is 0.339 e. The zero-order valence-corrected chi connectivity index (χ0v) is 17.9. The normalized spacial score (nSPS) is 11.2. The van der Waals surface area contributed by atoms with Crippen LogP contribution in [0.2, 0.25) is 0 Å². The molecule has 0 atom stereocenters. The van der Waals surface area contributed by atoms with E-state index < -0.39 is 11.9 Å². The van der Waals surface area contributed by atoms with Gasteiger partial charge >= 0.3 is 5.97 Å². The third-order valence-electron chi connectivity index (χ3n) is 4.89. The Labute approximate surface area is 181 Å². The first-order valence-corrected chi connectivity index (χ1v) is 9.72. The van der Waals surface area contributed by atoms with Crippen molar-refractivity contribution in [3.63, 3.8) is 0 Å². The number of esters is 1. The molecule has 0 radical (unpaired) electrons. The maximum atomic E-state index is 12.7. The van der Waals surface area contributed by atoms with E-state index >= 15 is 0 Å².